The van der Waals surface area contributed by atoms with E-state index in [0.717, 1.165) is 10.9 Å². The summed E-state index contributed by atoms with van der Waals surface area (Å²) < 4.78 is 28.3. The van der Waals surface area contributed by atoms with Gasteiger partial charge in [-0.15, -0.1) is 0 Å². The average Bonchev–Trinajstić information content (AvgIpc) is 3.15. The minimum absolute atomic E-state index is 0.0527. The van der Waals surface area contributed by atoms with Gasteiger partial charge in [-0.25, -0.2) is 8.42 Å². The van der Waals surface area contributed by atoms with E-state index in [1.807, 2.05) is 24.3 Å². The molecule has 152 valence electrons. The number of carbonyl (C=O) groups is 1. The third-order valence-corrected chi connectivity index (χ3v) is 6.47. The van der Waals surface area contributed by atoms with Gasteiger partial charge in [-0.3, -0.25) is 9.52 Å². The highest BCUT2D eigenvalue weighted by Gasteiger charge is 2.19. The number of nitrogens with one attached hydrogen (secondary N) is 3. The molecule has 3 aromatic carbocycles. The summed E-state index contributed by atoms with van der Waals surface area (Å²) in [5.41, 5.74) is 2.42. The summed E-state index contributed by atoms with van der Waals surface area (Å²) in [5.74, 6) is -0.363. The van der Waals surface area contributed by atoms with Crippen molar-refractivity contribution >= 4 is 49.8 Å². The van der Waals surface area contributed by atoms with Crippen molar-refractivity contribution in [1.82, 2.24) is 4.98 Å². The summed E-state index contributed by atoms with van der Waals surface area (Å²) in [4.78, 5) is 15.7. The molecule has 8 heteroatoms. The number of aromatic nitrogens is 1. The van der Waals surface area contributed by atoms with Crippen molar-refractivity contribution < 1.29 is 13.2 Å². The lowest BCUT2D eigenvalue weighted by Gasteiger charge is -2.13. The number of para-hydroxylation sites is 2. The first-order chi connectivity index (χ1) is 14.3. The fourth-order valence-electron chi connectivity index (χ4n) is 3.11. The van der Waals surface area contributed by atoms with Gasteiger partial charge >= 0.3 is 0 Å². The number of aryl methyl sites for hydroxylation is 1. The molecular weight excluding hydrogens is 422 g/mol. The molecular formula is C22H18ClN3O3S. The number of sulfonamides is 1. The SMILES string of the molecule is Cc1ccc(NC(=O)c2cc3ccccc3[nH]2)cc1S(=O)(=O)Nc1ccccc1Cl. The van der Waals surface area contributed by atoms with E-state index in [4.69, 9.17) is 11.6 Å². The zero-order valence-corrected chi connectivity index (χ0v) is 17.5. The van der Waals surface area contributed by atoms with Crippen LogP contribution in [0.3, 0.4) is 0 Å². The van der Waals surface area contributed by atoms with Crippen molar-refractivity contribution in [1.29, 1.82) is 0 Å². The highest BCUT2D eigenvalue weighted by atomic mass is 35.5. The number of benzene rings is 3. The molecule has 0 saturated heterocycles. The molecule has 0 radical (unpaired) electrons. The van der Waals surface area contributed by atoms with Crippen LogP contribution in [-0.4, -0.2) is 19.3 Å². The smallest absolute Gasteiger partial charge is 0.272 e. The van der Waals surface area contributed by atoms with Crippen LogP contribution in [0.4, 0.5) is 11.4 Å². The molecule has 0 fully saturated rings. The molecule has 0 aliphatic heterocycles. The number of amides is 1. The molecule has 0 spiro atoms. The molecule has 30 heavy (non-hydrogen) atoms. The van der Waals surface area contributed by atoms with E-state index in [9.17, 15) is 13.2 Å². The normalized spacial score (nSPS) is 11.4. The minimum atomic E-state index is -3.90. The van der Waals surface area contributed by atoms with Gasteiger partial charge in [-0.2, -0.15) is 0 Å². The van der Waals surface area contributed by atoms with Crippen LogP contribution in [0.2, 0.25) is 5.02 Å². The summed E-state index contributed by atoms with van der Waals surface area (Å²) in [5, 5.41) is 3.95. The predicted molar refractivity (Wildman–Crippen MR) is 120 cm³/mol. The molecule has 0 saturated carbocycles. The van der Waals surface area contributed by atoms with Crippen molar-refractivity contribution in [3.63, 3.8) is 0 Å². The van der Waals surface area contributed by atoms with Crippen LogP contribution in [0.1, 0.15) is 16.1 Å². The molecule has 4 aromatic rings. The van der Waals surface area contributed by atoms with Crippen molar-refractivity contribution in [2.45, 2.75) is 11.8 Å². The molecule has 1 heterocycles. The van der Waals surface area contributed by atoms with E-state index in [0.29, 0.717) is 22.0 Å². The number of fused-ring (bicyclic) bond motifs is 1. The monoisotopic (exact) mass is 439 g/mol. The fourth-order valence-corrected chi connectivity index (χ4v) is 4.70. The molecule has 4 rings (SSSR count). The molecule has 0 bridgehead atoms. The van der Waals surface area contributed by atoms with Crippen molar-refractivity contribution in [3.05, 3.63) is 89.1 Å². The van der Waals surface area contributed by atoms with E-state index in [1.54, 1.807) is 49.4 Å². The number of carbonyl (C=O) groups excluding carboxylic acids is 1. The lowest BCUT2D eigenvalue weighted by Crippen LogP contribution is -2.16. The highest BCUT2D eigenvalue weighted by molar-refractivity contribution is 7.92. The summed E-state index contributed by atoms with van der Waals surface area (Å²) in [6.07, 6.45) is 0. The molecule has 6 nitrogen and oxygen atoms in total. The molecule has 0 atom stereocenters. The second-order valence-electron chi connectivity index (χ2n) is 6.79. The Morgan fingerprint density at radius 3 is 2.47 bits per heavy atom. The van der Waals surface area contributed by atoms with Crippen LogP contribution in [0.15, 0.2) is 77.7 Å². The lowest BCUT2D eigenvalue weighted by atomic mass is 10.2. The standard InChI is InChI=1S/C22H18ClN3O3S/c1-14-10-11-16(24-22(27)20-12-15-6-2-4-8-18(15)25-20)13-21(14)30(28,29)26-19-9-5-3-7-17(19)23/h2-13,25-26H,1H3,(H,24,27). The Bertz CT molecular complexity index is 1330. The van der Waals surface area contributed by atoms with E-state index in [-0.39, 0.29) is 16.5 Å². The number of H-pyrrole nitrogens is 1. The van der Waals surface area contributed by atoms with Gasteiger partial charge < -0.3 is 10.3 Å². The van der Waals surface area contributed by atoms with Crippen molar-refractivity contribution in [2.24, 2.45) is 0 Å². The Kier molecular flexibility index (Phi) is 5.24. The van der Waals surface area contributed by atoms with Gasteiger partial charge in [0.05, 0.1) is 15.6 Å². The fraction of sp³-hybridized carbons (Fsp3) is 0.0455. The van der Waals surface area contributed by atoms with Gasteiger partial charge in [0, 0.05) is 16.6 Å². The predicted octanol–water partition coefficient (Wildman–Crippen LogP) is 5.18. The summed E-state index contributed by atoms with van der Waals surface area (Å²) in [6.45, 7) is 1.68. The average molecular weight is 440 g/mol. The van der Waals surface area contributed by atoms with Crippen LogP contribution >= 0.6 is 11.6 Å². The molecule has 3 N–H and O–H groups in total. The van der Waals surface area contributed by atoms with Gasteiger partial charge in [-0.1, -0.05) is 48.0 Å². The Hall–Kier alpha value is -3.29. The van der Waals surface area contributed by atoms with Crippen molar-refractivity contribution in [3.8, 4) is 0 Å². The van der Waals surface area contributed by atoms with Crippen LogP contribution in [-0.2, 0) is 10.0 Å². The maximum Gasteiger partial charge on any atom is 0.272 e. The number of hydrogen-bond donors (Lipinski definition) is 3. The Labute approximate surface area is 178 Å². The van der Waals surface area contributed by atoms with Gasteiger partial charge in [0.2, 0.25) is 0 Å². The van der Waals surface area contributed by atoms with Crippen LogP contribution in [0.25, 0.3) is 10.9 Å². The topological polar surface area (TPSA) is 91.1 Å². The Morgan fingerprint density at radius 1 is 0.967 bits per heavy atom. The van der Waals surface area contributed by atoms with Crippen LogP contribution < -0.4 is 10.0 Å². The van der Waals surface area contributed by atoms with Gasteiger partial charge in [0.15, 0.2) is 0 Å². The Balaban J connectivity index is 1.61. The number of hydrogen-bond acceptors (Lipinski definition) is 3. The summed E-state index contributed by atoms with van der Waals surface area (Å²) in [7, 11) is -3.90. The second-order valence-corrected chi connectivity index (χ2v) is 8.85. The maximum atomic E-state index is 12.9. The first kappa shape index (κ1) is 20.0. The lowest BCUT2D eigenvalue weighted by molar-refractivity contribution is 0.102. The van der Waals surface area contributed by atoms with Crippen molar-refractivity contribution in [2.75, 3.05) is 10.0 Å². The second kappa shape index (κ2) is 7.85. The van der Waals surface area contributed by atoms with Crippen LogP contribution in [0, 0.1) is 6.92 Å². The maximum absolute atomic E-state index is 12.9. The minimum Gasteiger partial charge on any atom is -0.351 e. The number of anilines is 2. The van der Waals surface area contributed by atoms with Gasteiger partial charge in [-0.05, 0) is 48.9 Å². The Morgan fingerprint density at radius 2 is 1.70 bits per heavy atom. The number of aromatic amines is 1. The zero-order valence-electron chi connectivity index (χ0n) is 15.9. The number of rotatable bonds is 5. The molecule has 0 unspecified atom stereocenters. The summed E-state index contributed by atoms with van der Waals surface area (Å²) in [6, 6.07) is 20.6. The van der Waals surface area contributed by atoms with E-state index >= 15 is 0 Å². The highest BCUT2D eigenvalue weighted by Crippen LogP contribution is 2.27. The third kappa shape index (κ3) is 4.03. The van der Waals surface area contributed by atoms with E-state index < -0.39 is 10.0 Å². The van der Waals surface area contributed by atoms with Gasteiger partial charge in [0.25, 0.3) is 15.9 Å². The quantitative estimate of drug-likeness (QED) is 0.400. The largest absolute Gasteiger partial charge is 0.351 e. The molecule has 1 aromatic heterocycles. The first-order valence-corrected chi connectivity index (χ1v) is 11.0. The van der Waals surface area contributed by atoms with E-state index in [1.165, 1.54) is 6.07 Å². The molecule has 0 aliphatic rings. The zero-order chi connectivity index (χ0) is 21.3. The van der Waals surface area contributed by atoms with Gasteiger partial charge in [0.1, 0.15) is 5.69 Å². The number of halogens is 1. The third-order valence-electron chi connectivity index (χ3n) is 4.63. The van der Waals surface area contributed by atoms with E-state index in [2.05, 4.69) is 15.0 Å². The summed E-state index contributed by atoms with van der Waals surface area (Å²) >= 11 is 6.07. The first-order valence-electron chi connectivity index (χ1n) is 9.10. The van der Waals surface area contributed by atoms with Crippen LogP contribution in [0.5, 0.6) is 0 Å². The molecule has 0 aliphatic carbocycles. The molecule has 1 amide bonds.